The van der Waals surface area contributed by atoms with Crippen molar-refractivity contribution >= 4 is 11.6 Å². The Morgan fingerprint density at radius 2 is 1.90 bits per heavy atom. The predicted molar refractivity (Wildman–Crippen MR) is 87.9 cm³/mol. The van der Waals surface area contributed by atoms with Gasteiger partial charge in [-0.1, -0.05) is 32.8 Å². The van der Waals surface area contributed by atoms with Crippen LogP contribution >= 0.6 is 0 Å². The summed E-state index contributed by atoms with van der Waals surface area (Å²) in [6.45, 7) is 6.89. The maximum absolute atomic E-state index is 12.4. The van der Waals surface area contributed by atoms with Crippen molar-refractivity contribution < 1.29 is 4.79 Å². The molecule has 0 aromatic heterocycles. The Kier molecular flexibility index (Phi) is 4.73. The van der Waals surface area contributed by atoms with Crippen LogP contribution in [-0.2, 0) is 4.79 Å². The third-order valence-corrected chi connectivity index (χ3v) is 4.62. The third kappa shape index (κ3) is 4.11. The van der Waals surface area contributed by atoms with E-state index in [2.05, 4.69) is 32.0 Å². The molecule has 21 heavy (non-hydrogen) atoms. The summed E-state index contributed by atoms with van der Waals surface area (Å²) in [6, 6.07) is 7.48. The van der Waals surface area contributed by atoms with Crippen molar-refractivity contribution in [1.82, 2.24) is 0 Å². The van der Waals surface area contributed by atoms with Crippen LogP contribution < -0.4 is 5.32 Å². The zero-order valence-electron chi connectivity index (χ0n) is 13.3. The lowest BCUT2D eigenvalue weighted by Crippen LogP contribution is -2.31. The Morgan fingerprint density at radius 1 is 1.24 bits per heavy atom. The molecular formula is C19H25NO. The summed E-state index contributed by atoms with van der Waals surface area (Å²) < 4.78 is 0. The monoisotopic (exact) mass is 283 g/mol. The van der Waals surface area contributed by atoms with Crippen LogP contribution in [0.15, 0.2) is 24.3 Å². The first-order valence-electron chi connectivity index (χ1n) is 7.77. The highest BCUT2D eigenvalue weighted by Gasteiger charge is 2.32. The molecule has 1 aromatic rings. The quantitative estimate of drug-likeness (QED) is 0.798. The molecule has 0 heterocycles. The lowest BCUT2D eigenvalue weighted by Gasteiger charge is -2.36. The van der Waals surface area contributed by atoms with Gasteiger partial charge in [-0.2, -0.15) is 0 Å². The van der Waals surface area contributed by atoms with Crippen LogP contribution in [0.25, 0.3) is 0 Å². The van der Waals surface area contributed by atoms with Gasteiger partial charge in [0.15, 0.2) is 0 Å². The largest absolute Gasteiger partial charge is 0.326 e. The Morgan fingerprint density at radius 3 is 2.48 bits per heavy atom. The van der Waals surface area contributed by atoms with E-state index >= 15 is 0 Å². The summed E-state index contributed by atoms with van der Waals surface area (Å²) in [5, 5.41) is 3.01. The van der Waals surface area contributed by atoms with E-state index in [1.165, 1.54) is 0 Å². The maximum Gasteiger partial charge on any atom is 0.227 e. The number of rotatable bonds is 2. The molecule has 0 aliphatic heterocycles. The van der Waals surface area contributed by atoms with Crippen LogP contribution in [-0.4, -0.2) is 5.91 Å². The van der Waals surface area contributed by atoms with Gasteiger partial charge in [0.2, 0.25) is 5.91 Å². The van der Waals surface area contributed by atoms with Gasteiger partial charge in [0.1, 0.15) is 0 Å². The van der Waals surface area contributed by atoms with Gasteiger partial charge in [0, 0.05) is 17.2 Å². The topological polar surface area (TPSA) is 29.1 Å². The second-order valence-electron chi connectivity index (χ2n) is 7.13. The summed E-state index contributed by atoms with van der Waals surface area (Å²) in [6.07, 6.45) is 9.65. The molecule has 1 amide bonds. The average molecular weight is 283 g/mol. The van der Waals surface area contributed by atoms with Gasteiger partial charge in [0.05, 0.1) is 0 Å². The van der Waals surface area contributed by atoms with E-state index in [9.17, 15) is 4.79 Å². The number of benzene rings is 1. The molecule has 112 valence electrons. The number of terminal acetylenes is 1. The second kappa shape index (κ2) is 6.35. The Balaban J connectivity index is 1.92. The molecule has 1 saturated carbocycles. The molecule has 1 aliphatic rings. The molecule has 0 unspecified atom stereocenters. The molecule has 2 nitrogen and oxygen atoms in total. The van der Waals surface area contributed by atoms with Crippen molar-refractivity contribution in [3.63, 3.8) is 0 Å². The number of nitrogens with one attached hydrogen (secondary N) is 1. The van der Waals surface area contributed by atoms with Crippen LogP contribution in [0.3, 0.4) is 0 Å². The second-order valence-corrected chi connectivity index (χ2v) is 7.13. The van der Waals surface area contributed by atoms with Crippen molar-refractivity contribution in [3.8, 4) is 12.3 Å². The van der Waals surface area contributed by atoms with Gasteiger partial charge in [-0.3, -0.25) is 4.79 Å². The highest BCUT2D eigenvalue weighted by atomic mass is 16.1. The number of hydrogen-bond donors (Lipinski definition) is 1. The van der Waals surface area contributed by atoms with E-state index in [0.717, 1.165) is 42.9 Å². The highest BCUT2D eigenvalue weighted by molar-refractivity contribution is 5.92. The van der Waals surface area contributed by atoms with Gasteiger partial charge in [0.25, 0.3) is 0 Å². The minimum Gasteiger partial charge on any atom is -0.326 e. The number of anilines is 1. The summed E-state index contributed by atoms with van der Waals surface area (Å²) in [4.78, 5) is 12.4. The van der Waals surface area contributed by atoms with Crippen molar-refractivity contribution in [2.75, 3.05) is 5.32 Å². The molecule has 0 saturated heterocycles. The fraction of sp³-hybridized carbons (Fsp3) is 0.526. The third-order valence-electron chi connectivity index (χ3n) is 4.62. The van der Waals surface area contributed by atoms with E-state index in [1.807, 2.05) is 24.3 Å². The first kappa shape index (κ1) is 15.6. The minimum absolute atomic E-state index is 0.136. The van der Waals surface area contributed by atoms with Crippen LogP contribution in [0.4, 0.5) is 5.69 Å². The number of hydrogen-bond acceptors (Lipinski definition) is 1. The molecule has 1 aromatic carbocycles. The van der Waals surface area contributed by atoms with Crippen LogP contribution in [0.1, 0.15) is 52.0 Å². The molecule has 0 atom stereocenters. The first-order chi connectivity index (χ1) is 9.90. The number of carbonyl (C=O) groups is 1. The molecule has 1 aliphatic carbocycles. The maximum atomic E-state index is 12.4. The van der Waals surface area contributed by atoms with E-state index < -0.39 is 0 Å². The van der Waals surface area contributed by atoms with Crippen molar-refractivity contribution in [1.29, 1.82) is 0 Å². The molecule has 0 bridgehead atoms. The molecule has 2 rings (SSSR count). The fourth-order valence-electron chi connectivity index (χ4n) is 3.15. The standard InChI is InChI=1S/C19H25NO/c1-5-14-7-6-8-17(13-14)20-18(21)15-9-11-16(12-10-15)19(2,3)4/h1,6-8,13,15-16H,9-12H2,2-4H3,(H,20,21). The van der Waals surface area contributed by atoms with Gasteiger partial charge in [-0.05, 0) is 55.2 Å². The fourth-order valence-corrected chi connectivity index (χ4v) is 3.15. The van der Waals surface area contributed by atoms with Crippen molar-refractivity contribution in [3.05, 3.63) is 29.8 Å². The van der Waals surface area contributed by atoms with Crippen LogP contribution in [0, 0.1) is 29.6 Å². The molecular weight excluding hydrogens is 258 g/mol. The molecule has 1 N–H and O–H groups in total. The smallest absolute Gasteiger partial charge is 0.227 e. The van der Waals surface area contributed by atoms with Gasteiger partial charge in [-0.15, -0.1) is 6.42 Å². The Hall–Kier alpha value is -1.75. The first-order valence-corrected chi connectivity index (χ1v) is 7.77. The predicted octanol–water partition coefficient (Wildman–Crippen LogP) is 4.46. The van der Waals surface area contributed by atoms with Gasteiger partial charge < -0.3 is 5.32 Å². The highest BCUT2D eigenvalue weighted by Crippen LogP contribution is 2.40. The zero-order valence-corrected chi connectivity index (χ0v) is 13.3. The molecule has 1 fully saturated rings. The summed E-state index contributed by atoms with van der Waals surface area (Å²) in [5.74, 6) is 3.59. The summed E-state index contributed by atoms with van der Waals surface area (Å²) >= 11 is 0. The van der Waals surface area contributed by atoms with Gasteiger partial charge >= 0.3 is 0 Å². The van der Waals surface area contributed by atoms with Crippen molar-refractivity contribution in [2.24, 2.45) is 17.3 Å². The van der Waals surface area contributed by atoms with Crippen LogP contribution in [0.5, 0.6) is 0 Å². The van der Waals surface area contributed by atoms with Crippen molar-refractivity contribution in [2.45, 2.75) is 46.5 Å². The van der Waals surface area contributed by atoms with Gasteiger partial charge in [-0.25, -0.2) is 0 Å². The van der Waals surface area contributed by atoms with Crippen LogP contribution in [0.2, 0.25) is 0 Å². The molecule has 0 radical (unpaired) electrons. The van der Waals surface area contributed by atoms with E-state index in [-0.39, 0.29) is 11.8 Å². The SMILES string of the molecule is C#Cc1cccc(NC(=O)C2CCC(C(C)(C)C)CC2)c1. The lowest BCUT2D eigenvalue weighted by molar-refractivity contribution is -0.121. The molecule has 2 heteroatoms. The Bertz CT molecular complexity index is 539. The minimum atomic E-state index is 0.136. The molecule has 0 spiro atoms. The summed E-state index contributed by atoms with van der Waals surface area (Å²) in [5.41, 5.74) is 1.94. The lowest BCUT2D eigenvalue weighted by atomic mass is 9.69. The summed E-state index contributed by atoms with van der Waals surface area (Å²) in [7, 11) is 0. The van der Waals surface area contributed by atoms with E-state index in [4.69, 9.17) is 6.42 Å². The normalized spacial score (nSPS) is 22.4. The van der Waals surface area contributed by atoms with E-state index in [0.29, 0.717) is 5.41 Å². The average Bonchev–Trinajstić information content (AvgIpc) is 2.46. The number of carbonyl (C=O) groups excluding carboxylic acids is 1. The number of amides is 1. The van der Waals surface area contributed by atoms with E-state index in [1.54, 1.807) is 0 Å². The Labute approximate surface area is 128 Å². The zero-order chi connectivity index (χ0) is 15.5.